The lowest BCUT2D eigenvalue weighted by Crippen LogP contribution is -2.10. The van der Waals surface area contributed by atoms with E-state index in [1.165, 1.54) is 25.3 Å². The summed E-state index contributed by atoms with van der Waals surface area (Å²) in [4.78, 5) is 22.2. The molecule has 0 spiro atoms. The first-order valence-corrected chi connectivity index (χ1v) is 11.9. The van der Waals surface area contributed by atoms with E-state index in [0.717, 1.165) is 35.3 Å². The van der Waals surface area contributed by atoms with Crippen molar-refractivity contribution in [2.24, 2.45) is 0 Å². The lowest BCUT2D eigenvalue weighted by Gasteiger charge is -2.07. The molecule has 0 unspecified atom stereocenters. The molecule has 0 saturated carbocycles. The number of nitrogen functional groups attached to an aromatic ring is 2. The van der Waals surface area contributed by atoms with Crippen molar-refractivity contribution in [3.63, 3.8) is 0 Å². The number of benzene rings is 4. The molecule has 2 amide bonds. The fraction of sp³-hybridized carbons (Fsp3) is 0.133. The predicted molar refractivity (Wildman–Crippen MR) is 152 cm³/mol. The van der Waals surface area contributed by atoms with E-state index >= 15 is 0 Å². The highest BCUT2D eigenvalue weighted by Gasteiger charge is 2.03. The summed E-state index contributed by atoms with van der Waals surface area (Å²) in [5.74, 6) is 0. The van der Waals surface area contributed by atoms with Gasteiger partial charge in [0.1, 0.15) is 0 Å². The van der Waals surface area contributed by atoms with Crippen LogP contribution in [0.5, 0.6) is 0 Å². The van der Waals surface area contributed by atoms with E-state index in [9.17, 15) is 9.59 Å². The Labute approximate surface area is 222 Å². The van der Waals surface area contributed by atoms with Crippen molar-refractivity contribution in [1.82, 2.24) is 0 Å². The van der Waals surface area contributed by atoms with Gasteiger partial charge in [0.15, 0.2) is 0 Å². The average Bonchev–Trinajstić information content (AvgIpc) is 2.93. The maximum atomic E-state index is 11.1. The summed E-state index contributed by atoms with van der Waals surface area (Å²) in [5.41, 5.74) is 18.9. The monoisotopic (exact) mass is 512 g/mol. The summed E-state index contributed by atoms with van der Waals surface area (Å²) >= 11 is 0. The van der Waals surface area contributed by atoms with Gasteiger partial charge in [-0.2, -0.15) is 0 Å². The molecule has 8 heteroatoms. The van der Waals surface area contributed by atoms with Crippen molar-refractivity contribution < 1.29 is 19.1 Å². The highest BCUT2D eigenvalue weighted by Crippen LogP contribution is 2.16. The van der Waals surface area contributed by atoms with Crippen molar-refractivity contribution in [3.8, 4) is 0 Å². The molecule has 0 aromatic heterocycles. The van der Waals surface area contributed by atoms with Crippen LogP contribution in [0.25, 0.3) is 0 Å². The second kappa shape index (κ2) is 13.9. The molecule has 0 aliphatic heterocycles. The van der Waals surface area contributed by atoms with Gasteiger partial charge in [-0.15, -0.1) is 0 Å². The second-order valence-corrected chi connectivity index (χ2v) is 8.46. The zero-order chi connectivity index (χ0) is 27.3. The van der Waals surface area contributed by atoms with Crippen molar-refractivity contribution in [2.45, 2.75) is 12.8 Å². The van der Waals surface area contributed by atoms with Crippen LogP contribution < -0.4 is 22.1 Å². The number of anilines is 4. The summed E-state index contributed by atoms with van der Waals surface area (Å²) < 4.78 is 9.08. The van der Waals surface area contributed by atoms with E-state index in [-0.39, 0.29) is 0 Å². The van der Waals surface area contributed by atoms with Gasteiger partial charge >= 0.3 is 12.2 Å². The number of amides is 2. The summed E-state index contributed by atoms with van der Waals surface area (Å²) in [6.45, 7) is 0. The first-order valence-electron chi connectivity index (χ1n) is 11.9. The number of nitrogens with two attached hydrogens (primary N) is 2. The van der Waals surface area contributed by atoms with E-state index in [1.807, 2.05) is 97.1 Å². The van der Waals surface area contributed by atoms with Gasteiger partial charge in [-0.25, -0.2) is 9.59 Å². The van der Waals surface area contributed by atoms with Gasteiger partial charge in [-0.05, 0) is 83.6 Å². The quantitative estimate of drug-likeness (QED) is 0.232. The minimum Gasteiger partial charge on any atom is -0.453 e. The Morgan fingerprint density at radius 2 is 0.789 bits per heavy atom. The van der Waals surface area contributed by atoms with E-state index in [2.05, 4.69) is 20.1 Å². The third kappa shape index (κ3) is 9.23. The number of carbonyl (C=O) groups is 2. The van der Waals surface area contributed by atoms with E-state index in [1.54, 1.807) is 0 Å². The highest BCUT2D eigenvalue weighted by molar-refractivity contribution is 5.85. The molecule has 4 rings (SSSR count). The summed E-state index contributed by atoms with van der Waals surface area (Å²) in [5, 5.41) is 5.20. The second-order valence-electron chi connectivity index (χ2n) is 8.46. The van der Waals surface area contributed by atoms with Crippen LogP contribution in [0, 0.1) is 0 Å². The van der Waals surface area contributed by atoms with Gasteiger partial charge in [0.05, 0.1) is 14.2 Å². The summed E-state index contributed by atoms with van der Waals surface area (Å²) in [7, 11) is 2.64. The Morgan fingerprint density at radius 1 is 0.526 bits per heavy atom. The Balaban J connectivity index is 0.000000230. The standard InChI is InChI=1S/C17H18N2O4.C13H14N2/c1-22-16(20)18-14-7-3-12(4-8-14)11-13-5-9-15(10-6-13)19-17(21)23-2;14-12-5-1-10(2-6-12)9-11-3-7-13(15)8-4-11/h3-10H,11H2,1-2H3,(H,18,20)(H,19,21);1-8H,9,14-15H2. The zero-order valence-corrected chi connectivity index (χ0v) is 21.4. The largest absolute Gasteiger partial charge is 0.453 e. The van der Waals surface area contributed by atoms with Crippen LogP contribution in [0.4, 0.5) is 32.3 Å². The molecule has 6 N–H and O–H groups in total. The first-order chi connectivity index (χ1) is 18.3. The third-order valence-electron chi connectivity index (χ3n) is 5.55. The van der Waals surface area contributed by atoms with Crippen LogP contribution in [-0.4, -0.2) is 26.4 Å². The molecule has 4 aromatic carbocycles. The zero-order valence-electron chi connectivity index (χ0n) is 21.4. The summed E-state index contributed by atoms with van der Waals surface area (Å²) in [6.07, 6.45) is 0.676. The molecular formula is C30H32N4O4. The Kier molecular flexibility index (Phi) is 10.1. The SMILES string of the molecule is COC(=O)Nc1ccc(Cc2ccc(NC(=O)OC)cc2)cc1.Nc1ccc(Cc2ccc(N)cc2)cc1. The van der Waals surface area contributed by atoms with Crippen molar-refractivity contribution in [1.29, 1.82) is 0 Å². The van der Waals surface area contributed by atoms with Gasteiger partial charge in [0, 0.05) is 22.7 Å². The first kappa shape index (κ1) is 27.6. The maximum Gasteiger partial charge on any atom is 0.411 e. The normalized spacial score (nSPS) is 9.95. The Hall–Kier alpha value is -4.98. The van der Waals surface area contributed by atoms with Gasteiger partial charge in [-0.1, -0.05) is 48.5 Å². The fourth-order valence-electron chi connectivity index (χ4n) is 3.49. The van der Waals surface area contributed by atoms with Crippen LogP contribution in [0.1, 0.15) is 22.3 Å². The number of methoxy groups -OCH3 is 2. The van der Waals surface area contributed by atoms with Crippen molar-refractivity contribution in [2.75, 3.05) is 36.3 Å². The molecule has 0 aliphatic carbocycles. The minimum absolute atomic E-state index is 0.494. The molecule has 0 aliphatic rings. The number of nitrogens with one attached hydrogen (secondary N) is 2. The van der Waals surface area contributed by atoms with Crippen LogP contribution in [0.15, 0.2) is 97.1 Å². The van der Waals surface area contributed by atoms with Gasteiger partial charge in [-0.3, -0.25) is 10.6 Å². The van der Waals surface area contributed by atoms with Crippen molar-refractivity contribution in [3.05, 3.63) is 119 Å². The molecule has 0 fully saturated rings. The van der Waals surface area contributed by atoms with E-state index in [0.29, 0.717) is 11.4 Å². The van der Waals surface area contributed by atoms with Crippen LogP contribution >= 0.6 is 0 Å². The lowest BCUT2D eigenvalue weighted by molar-refractivity contribution is 0.186. The summed E-state index contributed by atoms with van der Waals surface area (Å²) in [6, 6.07) is 30.9. The number of rotatable bonds is 6. The fourth-order valence-corrected chi connectivity index (χ4v) is 3.49. The molecule has 0 heterocycles. The van der Waals surface area contributed by atoms with Crippen molar-refractivity contribution >= 4 is 34.9 Å². The molecule has 0 atom stereocenters. The topological polar surface area (TPSA) is 129 Å². The molecule has 0 radical (unpaired) electrons. The molecule has 0 bridgehead atoms. The molecular weight excluding hydrogens is 480 g/mol. The highest BCUT2D eigenvalue weighted by atomic mass is 16.5. The number of hydrogen-bond donors (Lipinski definition) is 4. The van der Waals surface area contributed by atoms with Crippen LogP contribution in [-0.2, 0) is 22.3 Å². The number of carbonyl (C=O) groups excluding carboxylic acids is 2. The smallest absolute Gasteiger partial charge is 0.411 e. The number of ether oxygens (including phenoxy) is 2. The van der Waals surface area contributed by atoms with Crippen LogP contribution in [0.3, 0.4) is 0 Å². The lowest BCUT2D eigenvalue weighted by atomic mass is 10.0. The average molecular weight is 513 g/mol. The van der Waals surface area contributed by atoms with E-state index in [4.69, 9.17) is 11.5 Å². The Bertz CT molecular complexity index is 1200. The van der Waals surface area contributed by atoms with Gasteiger partial charge < -0.3 is 20.9 Å². The Morgan fingerprint density at radius 3 is 1.05 bits per heavy atom. The van der Waals surface area contributed by atoms with Gasteiger partial charge in [0.25, 0.3) is 0 Å². The van der Waals surface area contributed by atoms with E-state index < -0.39 is 12.2 Å². The maximum absolute atomic E-state index is 11.1. The molecule has 8 nitrogen and oxygen atoms in total. The molecule has 4 aromatic rings. The predicted octanol–water partition coefficient (Wildman–Crippen LogP) is 6.08. The minimum atomic E-state index is -0.494. The van der Waals surface area contributed by atoms with Crippen LogP contribution in [0.2, 0.25) is 0 Å². The molecule has 196 valence electrons. The molecule has 38 heavy (non-hydrogen) atoms. The third-order valence-corrected chi connectivity index (χ3v) is 5.55. The van der Waals surface area contributed by atoms with Gasteiger partial charge in [0.2, 0.25) is 0 Å². The number of hydrogen-bond acceptors (Lipinski definition) is 6. The molecule has 0 saturated heterocycles.